The smallest absolute Gasteiger partial charge is 0.135 e. The molecule has 0 aliphatic rings. The van der Waals surface area contributed by atoms with Crippen LogP contribution < -0.4 is 4.90 Å². The van der Waals surface area contributed by atoms with Gasteiger partial charge in [-0.25, -0.2) is 0 Å². The first-order chi connectivity index (χ1) is 28.7. The van der Waals surface area contributed by atoms with Gasteiger partial charge >= 0.3 is 0 Å². The number of nitrogens with zero attached hydrogens (tertiary/aromatic N) is 2. The van der Waals surface area contributed by atoms with Crippen molar-refractivity contribution in [1.29, 1.82) is 0 Å². The second kappa shape index (κ2) is 13.1. The lowest BCUT2D eigenvalue weighted by Gasteiger charge is -2.27. The minimum absolute atomic E-state index is 0.907. The number of rotatable bonds is 6. The van der Waals surface area contributed by atoms with Crippen LogP contribution >= 0.6 is 11.3 Å². The number of anilines is 3. The Balaban J connectivity index is 1.01. The van der Waals surface area contributed by atoms with Gasteiger partial charge in [-0.2, -0.15) is 0 Å². The minimum atomic E-state index is 0.907. The van der Waals surface area contributed by atoms with Crippen molar-refractivity contribution in [3.8, 4) is 27.9 Å². The van der Waals surface area contributed by atoms with Crippen molar-refractivity contribution in [3.05, 3.63) is 206 Å². The van der Waals surface area contributed by atoms with Gasteiger partial charge in [0.25, 0.3) is 0 Å². The average Bonchev–Trinajstić information content (AvgIpc) is 3.97. The highest BCUT2D eigenvalue weighted by atomic mass is 32.1. The van der Waals surface area contributed by atoms with Gasteiger partial charge in [0.05, 0.1) is 21.4 Å². The molecular weight excluding hydrogens is 725 g/mol. The minimum Gasteiger partial charge on any atom is -0.456 e. The molecule has 0 spiro atoms. The second-order valence-electron chi connectivity index (χ2n) is 14.9. The standard InChI is InChI=1S/C54H34N2OS/c1-2-13-39(14-3-1)56-48-20-7-4-16-42(48)43-30-26-38(34-50(43)56)36-12-10-15-41(32-36)55(49-21-11-19-46-45-18-6-9-23-53(45)58-54(46)49)40-28-24-35(25-29-40)37-27-31-52-47(33-37)44-17-5-8-22-51(44)57-52/h1-34H. The molecule has 3 heterocycles. The Kier molecular flexibility index (Phi) is 7.40. The monoisotopic (exact) mass is 758 g/mol. The topological polar surface area (TPSA) is 21.3 Å². The molecule has 0 amide bonds. The summed E-state index contributed by atoms with van der Waals surface area (Å²) < 4.78 is 11.1. The van der Waals surface area contributed by atoms with Gasteiger partial charge in [0.1, 0.15) is 11.2 Å². The third-order valence-corrected chi connectivity index (χ3v) is 12.8. The molecule has 0 aliphatic heterocycles. The van der Waals surface area contributed by atoms with Crippen LogP contribution in [0.3, 0.4) is 0 Å². The second-order valence-corrected chi connectivity index (χ2v) is 16.0. The number of thiophene rings is 1. The number of furan rings is 1. The number of aromatic nitrogens is 1. The molecule has 0 unspecified atom stereocenters. The van der Waals surface area contributed by atoms with Crippen LogP contribution in [0.15, 0.2) is 211 Å². The number of hydrogen-bond donors (Lipinski definition) is 0. The Morgan fingerprint density at radius 2 is 1.03 bits per heavy atom. The lowest BCUT2D eigenvalue weighted by molar-refractivity contribution is 0.669. The fourth-order valence-electron chi connectivity index (χ4n) is 8.87. The Bertz CT molecular complexity index is 3520. The van der Waals surface area contributed by atoms with Gasteiger partial charge in [-0.3, -0.25) is 0 Å². The van der Waals surface area contributed by atoms with Crippen LogP contribution in [-0.4, -0.2) is 4.57 Å². The van der Waals surface area contributed by atoms with Crippen molar-refractivity contribution in [2.24, 2.45) is 0 Å². The number of hydrogen-bond acceptors (Lipinski definition) is 3. The number of benzene rings is 9. The third-order valence-electron chi connectivity index (χ3n) is 11.6. The summed E-state index contributed by atoms with van der Waals surface area (Å²) in [5, 5.41) is 7.34. The summed E-state index contributed by atoms with van der Waals surface area (Å²) in [7, 11) is 0. The van der Waals surface area contributed by atoms with Gasteiger partial charge in [0.15, 0.2) is 0 Å². The van der Waals surface area contributed by atoms with Crippen molar-refractivity contribution >= 4 is 92.3 Å². The lowest BCUT2D eigenvalue weighted by Crippen LogP contribution is -2.10. The molecule has 0 atom stereocenters. The van der Waals surface area contributed by atoms with Gasteiger partial charge in [0, 0.05) is 54.1 Å². The van der Waals surface area contributed by atoms with Crippen LogP contribution in [0.1, 0.15) is 0 Å². The predicted octanol–water partition coefficient (Wildman–Crippen LogP) is 15.9. The molecule has 0 bridgehead atoms. The predicted molar refractivity (Wildman–Crippen MR) is 247 cm³/mol. The summed E-state index contributed by atoms with van der Waals surface area (Å²) in [6.07, 6.45) is 0. The zero-order chi connectivity index (χ0) is 38.2. The van der Waals surface area contributed by atoms with Crippen LogP contribution in [0.4, 0.5) is 17.1 Å². The summed E-state index contributed by atoms with van der Waals surface area (Å²) in [4.78, 5) is 2.43. The van der Waals surface area contributed by atoms with Crippen LogP contribution in [0, 0.1) is 0 Å². The highest BCUT2D eigenvalue weighted by Crippen LogP contribution is 2.46. The first kappa shape index (κ1) is 32.8. The maximum Gasteiger partial charge on any atom is 0.135 e. The maximum absolute atomic E-state index is 6.14. The first-order valence-corrected chi connectivity index (χ1v) is 20.5. The van der Waals surface area contributed by atoms with E-state index in [9.17, 15) is 0 Å². The van der Waals surface area contributed by atoms with Crippen LogP contribution in [-0.2, 0) is 0 Å². The lowest BCUT2D eigenvalue weighted by atomic mass is 10.0. The largest absolute Gasteiger partial charge is 0.456 e. The van der Waals surface area contributed by atoms with Crippen LogP contribution in [0.5, 0.6) is 0 Å². The SMILES string of the molecule is c1ccc(-n2c3ccccc3c3ccc(-c4cccc(N(c5ccc(-c6ccc7oc8ccccc8c7c6)cc5)c5cccc6c5sc5ccccc56)c4)cc32)cc1. The summed E-state index contributed by atoms with van der Waals surface area (Å²) in [5.74, 6) is 0. The Morgan fingerprint density at radius 1 is 0.379 bits per heavy atom. The quantitative estimate of drug-likeness (QED) is 0.168. The van der Waals surface area contributed by atoms with E-state index < -0.39 is 0 Å². The molecule has 0 radical (unpaired) electrons. The fourth-order valence-corrected chi connectivity index (χ4v) is 10.1. The molecule has 3 aromatic heterocycles. The van der Waals surface area contributed by atoms with Crippen molar-refractivity contribution in [3.63, 3.8) is 0 Å². The van der Waals surface area contributed by atoms with Gasteiger partial charge in [0.2, 0.25) is 0 Å². The number of para-hydroxylation sites is 3. The van der Waals surface area contributed by atoms with E-state index in [1.54, 1.807) is 0 Å². The summed E-state index contributed by atoms with van der Waals surface area (Å²) in [5.41, 5.74) is 13.4. The fraction of sp³-hybridized carbons (Fsp3) is 0. The molecule has 272 valence electrons. The molecule has 12 aromatic rings. The van der Waals surface area contributed by atoms with Crippen molar-refractivity contribution in [1.82, 2.24) is 4.57 Å². The molecule has 9 aromatic carbocycles. The van der Waals surface area contributed by atoms with E-state index in [1.807, 2.05) is 23.5 Å². The van der Waals surface area contributed by atoms with E-state index >= 15 is 0 Å². The molecule has 0 saturated heterocycles. The first-order valence-electron chi connectivity index (χ1n) is 19.7. The molecule has 0 aliphatic carbocycles. The van der Waals surface area contributed by atoms with Crippen LogP contribution in [0.2, 0.25) is 0 Å². The van der Waals surface area contributed by atoms with E-state index in [1.165, 1.54) is 47.5 Å². The molecule has 0 fully saturated rings. The van der Waals surface area contributed by atoms with E-state index in [2.05, 4.69) is 204 Å². The molecule has 58 heavy (non-hydrogen) atoms. The van der Waals surface area contributed by atoms with E-state index in [4.69, 9.17) is 4.42 Å². The molecular formula is C54H34N2OS. The average molecular weight is 759 g/mol. The van der Waals surface area contributed by atoms with Crippen molar-refractivity contribution < 1.29 is 4.42 Å². The highest BCUT2D eigenvalue weighted by molar-refractivity contribution is 7.26. The molecule has 0 N–H and O–H groups in total. The molecule has 12 rings (SSSR count). The zero-order valence-electron chi connectivity index (χ0n) is 31.3. The molecule has 4 heteroatoms. The molecule has 3 nitrogen and oxygen atoms in total. The van der Waals surface area contributed by atoms with Gasteiger partial charge in [-0.05, 0) is 101 Å². The third kappa shape index (κ3) is 5.19. The van der Waals surface area contributed by atoms with Crippen LogP contribution in [0.25, 0.3) is 91.9 Å². The van der Waals surface area contributed by atoms with E-state index in [0.717, 1.165) is 61.4 Å². The Hall–Kier alpha value is -7.40. The number of fused-ring (bicyclic) bond motifs is 9. The maximum atomic E-state index is 6.14. The van der Waals surface area contributed by atoms with E-state index in [0.29, 0.717) is 0 Å². The Labute approximate surface area is 338 Å². The molecule has 0 saturated carbocycles. The zero-order valence-corrected chi connectivity index (χ0v) is 32.2. The Morgan fingerprint density at radius 3 is 1.93 bits per heavy atom. The van der Waals surface area contributed by atoms with Gasteiger partial charge < -0.3 is 13.9 Å². The van der Waals surface area contributed by atoms with Crippen molar-refractivity contribution in [2.75, 3.05) is 4.90 Å². The summed E-state index contributed by atoms with van der Waals surface area (Å²) in [6, 6.07) is 74.6. The highest BCUT2D eigenvalue weighted by Gasteiger charge is 2.20. The normalized spacial score (nSPS) is 11.8. The van der Waals surface area contributed by atoms with Crippen molar-refractivity contribution in [2.45, 2.75) is 0 Å². The van der Waals surface area contributed by atoms with Gasteiger partial charge in [-0.1, -0.05) is 127 Å². The van der Waals surface area contributed by atoms with Gasteiger partial charge in [-0.15, -0.1) is 11.3 Å². The van der Waals surface area contributed by atoms with E-state index in [-0.39, 0.29) is 0 Å². The summed E-state index contributed by atoms with van der Waals surface area (Å²) in [6.45, 7) is 0. The summed E-state index contributed by atoms with van der Waals surface area (Å²) >= 11 is 1.86.